The maximum absolute atomic E-state index is 11.8. The summed E-state index contributed by atoms with van der Waals surface area (Å²) in [4.78, 5) is 11.8. The molecule has 0 atom stereocenters. The number of benzene rings is 2. The van der Waals surface area contributed by atoms with Gasteiger partial charge in [-0.2, -0.15) is 5.10 Å². The van der Waals surface area contributed by atoms with Gasteiger partial charge in [0.1, 0.15) is 0 Å². The summed E-state index contributed by atoms with van der Waals surface area (Å²) < 4.78 is 0.149. The Balaban J connectivity index is 1.96. The van der Waals surface area contributed by atoms with E-state index in [1.54, 1.807) is 36.4 Å². The largest absolute Gasteiger partial charge is 0.320 e. The van der Waals surface area contributed by atoms with Crippen LogP contribution in [0.3, 0.4) is 0 Å². The van der Waals surface area contributed by atoms with Gasteiger partial charge >= 0.3 is 0 Å². The standard InChI is InChI=1S/C14H11BrClN3O/c15-13(14(20)17-11-4-2-1-3-5-11)19-18-12-8-6-10(16)7-9-12/h1-9,18H,(H,17,20)/b19-13+. The maximum atomic E-state index is 11.8. The van der Waals surface area contributed by atoms with Gasteiger partial charge in [-0.1, -0.05) is 29.8 Å². The van der Waals surface area contributed by atoms with Gasteiger partial charge in [0.2, 0.25) is 0 Å². The minimum absolute atomic E-state index is 0.149. The second-order valence-electron chi connectivity index (χ2n) is 3.84. The lowest BCUT2D eigenvalue weighted by atomic mass is 10.3. The first kappa shape index (κ1) is 14.6. The number of carbonyl (C=O) groups is 1. The normalized spacial score (nSPS) is 11.0. The molecule has 1 amide bonds. The fourth-order valence-electron chi connectivity index (χ4n) is 1.39. The van der Waals surface area contributed by atoms with E-state index < -0.39 is 0 Å². The van der Waals surface area contributed by atoms with Crippen molar-refractivity contribution in [3.63, 3.8) is 0 Å². The Morgan fingerprint density at radius 1 is 1.00 bits per heavy atom. The highest BCUT2D eigenvalue weighted by Crippen LogP contribution is 2.13. The van der Waals surface area contributed by atoms with Crippen molar-refractivity contribution in [3.05, 3.63) is 59.6 Å². The fourth-order valence-corrected chi connectivity index (χ4v) is 1.71. The second kappa shape index (κ2) is 7.07. The van der Waals surface area contributed by atoms with Gasteiger partial charge < -0.3 is 5.32 Å². The lowest BCUT2D eigenvalue weighted by molar-refractivity contribution is -0.110. The Morgan fingerprint density at radius 3 is 2.30 bits per heavy atom. The molecule has 0 heterocycles. The number of rotatable bonds is 4. The second-order valence-corrected chi connectivity index (χ2v) is 5.03. The summed E-state index contributed by atoms with van der Waals surface area (Å²) >= 11 is 8.90. The van der Waals surface area contributed by atoms with Crippen LogP contribution in [0.4, 0.5) is 11.4 Å². The van der Waals surface area contributed by atoms with E-state index in [4.69, 9.17) is 11.6 Å². The quantitative estimate of drug-likeness (QED) is 0.643. The Hall–Kier alpha value is -1.85. The number of anilines is 2. The first-order valence-corrected chi connectivity index (χ1v) is 6.93. The molecule has 0 aromatic heterocycles. The SMILES string of the molecule is O=C(Nc1ccccc1)/C(Br)=N\Nc1ccc(Cl)cc1. The third kappa shape index (κ3) is 4.36. The molecule has 0 aliphatic rings. The molecule has 0 aliphatic carbocycles. The summed E-state index contributed by atoms with van der Waals surface area (Å²) in [6, 6.07) is 16.1. The van der Waals surface area contributed by atoms with E-state index in [0.29, 0.717) is 10.7 Å². The average molecular weight is 353 g/mol. The molecule has 0 radical (unpaired) electrons. The van der Waals surface area contributed by atoms with Crippen molar-refractivity contribution in [2.24, 2.45) is 5.10 Å². The number of nitrogens with zero attached hydrogens (tertiary/aromatic N) is 1. The number of hydrogen-bond donors (Lipinski definition) is 2. The Morgan fingerprint density at radius 2 is 1.65 bits per heavy atom. The molecule has 4 nitrogen and oxygen atoms in total. The van der Waals surface area contributed by atoms with Gasteiger partial charge in [0.25, 0.3) is 5.91 Å². The van der Waals surface area contributed by atoms with E-state index in [1.807, 2.05) is 18.2 Å². The highest BCUT2D eigenvalue weighted by molar-refractivity contribution is 9.19. The summed E-state index contributed by atoms with van der Waals surface area (Å²) in [5.41, 5.74) is 4.20. The van der Waals surface area contributed by atoms with E-state index in [2.05, 4.69) is 31.8 Å². The molecule has 0 unspecified atom stereocenters. The van der Waals surface area contributed by atoms with Gasteiger partial charge in [-0.25, -0.2) is 0 Å². The molecule has 20 heavy (non-hydrogen) atoms. The predicted molar refractivity (Wildman–Crippen MR) is 86.5 cm³/mol. The van der Waals surface area contributed by atoms with Crippen LogP contribution >= 0.6 is 27.5 Å². The van der Waals surface area contributed by atoms with Gasteiger partial charge in [0.05, 0.1) is 5.69 Å². The molecule has 0 saturated carbocycles. The van der Waals surface area contributed by atoms with E-state index in [9.17, 15) is 4.79 Å². The maximum Gasteiger partial charge on any atom is 0.283 e. The monoisotopic (exact) mass is 351 g/mol. The minimum Gasteiger partial charge on any atom is -0.320 e. The fraction of sp³-hybridized carbons (Fsp3) is 0. The Kier molecular flexibility index (Phi) is 5.15. The van der Waals surface area contributed by atoms with Crippen molar-refractivity contribution in [1.29, 1.82) is 0 Å². The van der Waals surface area contributed by atoms with Crippen molar-refractivity contribution >= 4 is 49.4 Å². The van der Waals surface area contributed by atoms with Gasteiger partial charge in [-0.15, -0.1) is 0 Å². The lowest BCUT2D eigenvalue weighted by Gasteiger charge is -2.04. The topological polar surface area (TPSA) is 53.5 Å². The van der Waals surface area contributed by atoms with E-state index in [-0.39, 0.29) is 10.5 Å². The molecule has 2 aromatic carbocycles. The molecule has 2 aromatic rings. The smallest absolute Gasteiger partial charge is 0.283 e. The van der Waals surface area contributed by atoms with Crippen LogP contribution in [0.5, 0.6) is 0 Å². The van der Waals surface area contributed by atoms with Crippen molar-refractivity contribution in [3.8, 4) is 0 Å². The summed E-state index contributed by atoms with van der Waals surface area (Å²) in [6.45, 7) is 0. The number of amides is 1. The summed E-state index contributed by atoms with van der Waals surface area (Å²) in [5.74, 6) is -0.335. The lowest BCUT2D eigenvalue weighted by Crippen LogP contribution is -2.19. The molecular formula is C14H11BrClN3O. The minimum atomic E-state index is -0.335. The molecule has 0 aliphatic heterocycles. The summed E-state index contributed by atoms with van der Waals surface area (Å²) in [7, 11) is 0. The zero-order valence-corrected chi connectivity index (χ0v) is 12.6. The molecule has 2 rings (SSSR count). The molecule has 0 fully saturated rings. The molecule has 102 valence electrons. The average Bonchev–Trinajstić information content (AvgIpc) is 2.47. The van der Waals surface area contributed by atoms with Gasteiger partial charge in [-0.3, -0.25) is 10.2 Å². The number of nitrogens with one attached hydrogen (secondary N) is 2. The highest BCUT2D eigenvalue weighted by Gasteiger charge is 2.07. The molecule has 0 spiro atoms. The van der Waals surface area contributed by atoms with Crippen molar-refractivity contribution < 1.29 is 4.79 Å². The number of hydrazone groups is 1. The van der Waals surface area contributed by atoms with Crippen LogP contribution in [0.25, 0.3) is 0 Å². The summed E-state index contributed by atoms with van der Waals surface area (Å²) in [6.07, 6.45) is 0. The summed E-state index contributed by atoms with van der Waals surface area (Å²) in [5, 5.41) is 7.30. The highest BCUT2D eigenvalue weighted by atomic mass is 79.9. The van der Waals surface area contributed by atoms with Crippen LogP contribution < -0.4 is 10.7 Å². The molecule has 0 saturated heterocycles. The van der Waals surface area contributed by atoms with Crippen LogP contribution in [0.1, 0.15) is 0 Å². The first-order chi connectivity index (χ1) is 9.65. The third-order valence-electron chi connectivity index (χ3n) is 2.35. The number of hydrogen-bond acceptors (Lipinski definition) is 3. The van der Waals surface area contributed by atoms with Crippen molar-refractivity contribution in [1.82, 2.24) is 0 Å². The molecule has 6 heteroatoms. The van der Waals surface area contributed by atoms with E-state index >= 15 is 0 Å². The van der Waals surface area contributed by atoms with E-state index in [0.717, 1.165) is 5.69 Å². The van der Waals surface area contributed by atoms with Crippen molar-refractivity contribution in [2.75, 3.05) is 10.7 Å². The van der Waals surface area contributed by atoms with Gasteiger partial charge in [-0.05, 0) is 52.3 Å². The van der Waals surface area contributed by atoms with Crippen LogP contribution in [0, 0.1) is 0 Å². The number of halogens is 2. The van der Waals surface area contributed by atoms with Crippen LogP contribution in [0.15, 0.2) is 59.7 Å². The predicted octanol–water partition coefficient (Wildman–Crippen LogP) is 4.10. The molecule has 0 bridgehead atoms. The van der Waals surface area contributed by atoms with Crippen LogP contribution in [-0.2, 0) is 4.79 Å². The van der Waals surface area contributed by atoms with Crippen LogP contribution in [0.2, 0.25) is 5.02 Å². The number of para-hydroxylation sites is 1. The van der Waals surface area contributed by atoms with E-state index in [1.165, 1.54) is 0 Å². The van der Waals surface area contributed by atoms with Crippen molar-refractivity contribution in [2.45, 2.75) is 0 Å². The zero-order valence-electron chi connectivity index (χ0n) is 10.3. The molecular weight excluding hydrogens is 342 g/mol. The first-order valence-electron chi connectivity index (χ1n) is 5.76. The Bertz CT molecular complexity index is 614. The third-order valence-corrected chi connectivity index (χ3v) is 3.14. The van der Waals surface area contributed by atoms with Gasteiger partial charge in [0.15, 0.2) is 4.62 Å². The number of carbonyl (C=O) groups excluding carboxylic acids is 1. The Labute approximate surface area is 130 Å². The molecule has 2 N–H and O–H groups in total. The van der Waals surface area contributed by atoms with Crippen LogP contribution in [-0.4, -0.2) is 10.5 Å². The van der Waals surface area contributed by atoms with Gasteiger partial charge in [0, 0.05) is 10.7 Å². The zero-order chi connectivity index (χ0) is 14.4.